The fraction of sp³-hybridized carbons (Fsp3) is 0.207. The Kier molecular flexibility index (Phi) is 3.60. The molecule has 3 aliphatic carbocycles. The van der Waals surface area contributed by atoms with Gasteiger partial charge in [0.1, 0.15) is 0 Å². The molecule has 0 aromatic heterocycles. The van der Waals surface area contributed by atoms with Crippen LogP contribution in [0.15, 0.2) is 84.4 Å². The Morgan fingerprint density at radius 2 is 1.48 bits per heavy atom. The number of allylic oxidation sites excluding steroid dienone is 3. The fourth-order valence-corrected chi connectivity index (χ4v) is 6.57. The summed E-state index contributed by atoms with van der Waals surface area (Å²) >= 11 is 0. The number of rotatable bonds is 3. The van der Waals surface area contributed by atoms with Crippen LogP contribution in [-0.4, -0.2) is 11.1 Å². The summed E-state index contributed by atoms with van der Waals surface area (Å²) in [7, 11) is 0. The van der Waals surface area contributed by atoms with E-state index in [2.05, 4.69) is 86.6 Å². The molecule has 3 aromatic rings. The first-order chi connectivity index (χ1) is 15.0. The normalized spacial score (nSPS) is 22.3. The number of hydrogen-bond donors (Lipinski definition) is 1. The van der Waals surface area contributed by atoms with Crippen molar-refractivity contribution < 1.29 is 9.90 Å². The molecule has 0 radical (unpaired) electrons. The molecule has 6 rings (SSSR count). The van der Waals surface area contributed by atoms with Crippen LogP contribution in [0.5, 0.6) is 0 Å². The summed E-state index contributed by atoms with van der Waals surface area (Å²) in [6, 6.07) is 27.8. The van der Waals surface area contributed by atoms with E-state index in [1.54, 1.807) is 0 Å². The highest BCUT2D eigenvalue weighted by atomic mass is 16.4. The second-order valence-corrected chi connectivity index (χ2v) is 9.55. The van der Waals surface area contributed by atoms with E-state index in [4.69, 9.17) is 0 Å². The van der Waals surface area contributed by atoms with Gasteiger partial charge in [-0.05, 0) is 61.9 Å². The van der Waals surface area contributed by atoms with Crippen molar-refractivity contribution in [2.45, 2.75) is 32.1 Å². The highest BCUT2D eigenvalue weighted by Crippen LogP contribution is 2.75. The van der Waals surface area contributed by atoms with Gasteiger partial charge in [-0.25, -0.2) is 0 Å². The highest BCUT2D eigenvalue weighted by Gasteiger charge is 2.65. The first kappa shape index (κ1) is 18.4. The SMILES string of the molecule is CC1(C)Cc2ccccc2C12C1=C(CC(=O)O)c3ccccc3C1=C2c1ccccc1. The molecule has 31 heavy (non-hydrogen) atoms. The topological polar surface area (TPSA) is 37.3 Å². The monoisotopic (exact) mass is 404 g/mol. The molecule has 0 amide bonds. The first-order valence-electron chi connectivity index (χ1n) is 10.9. The van der Waals surface area contributed by atoms with Gasteiger partial charge in [-0.15, -0.1) is 0 Å². The maximum Gasteiger partial charge on any atom is 0.307 e. The summed E-state index contributed by atoms with van der Waals surface area (Å²) in [4.78, 5) is 12.0. The quantitative estimate of drug-likeness (QED) is 0.550. The van der Waals surface area contributed by atoms with Crippen molar-refractivity contribution >= 4 is 22.7 Å². The van der Waals surface area contributed by atoms with E-state index in [0.29, 0.717) is 0 Å². The maximum absolute atomic E-state index is 12.0. The average Bonchev–Trinajstić information content (AvgIpc) is 3.14. The third kappa shape index (κ3) is 2.15. The van der Waals surface area contributed by atoms with Crippen molar-refractivity contribution in [1.82, 2.24) is 0 Å². The molecular formula is C29H24O2. The molecule has 3 aliphatic rings. The lowest BCUT2D eigenvalue weighted by Crippen LogP contribution is -2.47. The van der Waals surface area contributed by atoms with E-state index in [-0.39, 0.29) is 17.3 Å². The van der Waals surface area contributed by atoms with Gasteiger partial charge in [0.25, 0.3) is 0 Å². The van der Waals surface area contributed by atoms with Crippen LogP contribution in [0, 0.1) is 5.41 Å². The van der Waals surface area contributed by atoms with Crippen molar-refractivity contribution in [3.8, 4) is 0 Å². The molecule has 1 N–H and O–H groups in total. The number of fused-ring (bicyclic) bond motifs is 6. The number of carboxylic acid groups (broad SMARTS) is 1. The molecule has 152 valence electrons. The summed E-state index contributed by atoms with van der Waals surface area (Å²) in [6.45, 7) is 4.70. The van der Waals surface area contributed by atoms with Gasteiger partial charge in [0.05, 0.1) is 11.8 Å². The Bertz CT molecular complexity index is 1320. The zero-order chi connectivity index (χ0) is 21.4. The Balaban J connectivity index is 1.79. The van der Waals surface area contributed by atoms with E-state index in [1.807, 2.05) is 6.07 Å². The van der Waals surface area contributed by atoms with Crippen molar-refractivity contribution in [3.63, 3.8) is 0 Å². The third-order valence-corrected chi connectivity index (χ3v) is 7.53. The van der Waals surface area contributed by atoms with Crippen LogP contribution in [0.4, 0.5) is 0 Å². The predicted octanol–water partition coefficient (Wildman–Crippen LogP) is 6.37. The predicted molar refractivity (Wildman–Crippen MR) is 124 cm³/mol. The van der Waals surface area contributed by atoms with Crippen molar-refractivity contribution in [2.24, 2.45) is 5.41 Å². The summed E-state index contributed by atoms with van der Waals surface area (Å²) < 4.78 is 0. The minimum Gasteiger partial charge on any atom is -0.481 e. The summed E-state index contributed by atoms with van der Waals surface area (Å²) in [5.41, 5.74) is 10.7. The van der Waals surface area contributed by atoms with Crippen LogP contribution in [-0.2, 0) is 16.6 Å². The standard InChI is InChI=1S/C29H24O2/c1-28(2)17-19-12-6-9-15-23(19)29(28)26(18-10-4-3-5-11-18)25-21-14-8-7-13-20(21)22(27(25)29)16-24(30)31/h3-15H,16-17H2,1-2H3,(H,30,31). The molecule has 0 heterocycles. The Hall–Kier alpha value is -3.39. The Labute approximate surface area is 182 Å². The maximum atomic E-state index is 12.0. The second kappa shape index (κ2) is 6.07. The molecule has 0 aliphatic heterocycles. The van der Waals surface area contributed by atoms with Crippen molar-refractivity contribution in [2.75, 3.05) is 0 Å². The second-order valence-electron chi connectivity index (χ2n) is 9.55. The Morgan fingerprint density at radius 3 is 2.23 bits per heavy atom. The average molecular weight is 405 g/mol. The number of hydrogen-bond acceptors (Lipinski definition) is 1. The summed E-state index contributed by atoms with van der Waals surface area (Å²) in [6.07, 6.45) is 1.03. The lowest BCUT2D eigenvalue weighted by atomic mass is 9.47. The molecule has 1 atom stereocenters. The van der Waals surface area contributed by atoms with Gasteiger partial charge in [-0.1, -0.05) is 92.7 Å². The number of aliphatic carboxylic acids is 1. The molecule has 0 bridgehead atoms. The highest BCUT2D eigenvalue weighted by molar-refractivity contribution is 6.23. The van der Waals surface area contributed by atoms with Gasteiger partial charge in [-0.2, -0.15) is 0 Å². The van der Waals surface area contributed by atoms with E-state index >= 15 is 0 Å². The number of carbonyl (C=O) groups is 1. The lowest BCUT2D eigenvalue weighted by molar-refractivity contribution is -0.135. The van der Waals surface area contributed by atoms with E-state index in [0.717, 1.165) is 17.6 Å². The molecule has 0 fully saturated rings. The first-order valence-corrected chi connectivity index (χ1v) is 10.9. The number of carboxylic acids is 1. The molecule has 0 saturated carbocycles. The Morgan fingerprint density at radius 1 is 0.839 bits per heavy atom. The van der Waals surface area contributed by atoms with Gasteiger partial charge >= 0.3 is 5.97 Å². The van der Waals surface area contributed by atoms with Gasteiger partial charge in [-0.3, -0.25) is 4.79 Å². The summed E-state index contributed by atoms with van der Waals surface area (Å²) in [5, 5.41) is 9.82. The van der Waals surface area contributed by atoms with Crippen LogP contribution in [0.25, 0.3) is 16.7 Å². The summed E-state index contributed by atoms with van der Waals surface area (Å²) in [5.74, 6) is -0.772. The van der Waals surface area contributed by atoms with Crippen LogP contribution < -0.4 is 0 Å². The largest absolute Gasteiger partial charge is 0.481 e. The van der Waals surface area contributed by atoms with Gasteiger partial charge in [0, 0.05) is 0 Å². The van der Waals surface area contributed by atoms with E-state index in [1.165, 1.54) is 39.0 Å². The molecular weight excluding hydrogens is 380 g/mol. The third-order valence-electron chi connectivity index (χ3n) is 7.53. The van der Waals surface area contributed by atoms with Crippen LogP contribution in [0.3, 0.4) is 0 Å². The number of benzene rings is 3. The van der Waals surface area contributed by atoms with E-state index in [9.17, 15) is 9.90 Å². The van der Waals surface area contributed by atoms with Crippen LogP contribution in [0.1, 0.15) is 48.1 Å². The minimum absolute atomic E-state index is 0.0535. The minimum atomic E-state index is -0.772. The van der Waals surface area contributed by atoms with Crippen LogP contribution in [0.2, 0.25) is 0 Å². The molecule has 2 heteroatoms. The molecule has 1 spiro atoms. The molecule has 3 aromatic carbocycles. The zero-order valence-electron chi connectivity index (χ0n) is 17.8. The zero-order valence-corrected chi connectivity index (χ0v) is 17.8. The molecule has 2 nitrogen and oxygen atoms in total. The lowest BCUT2D eigenvalue weighted by Gasteiger charge is -2.54. The van der Waals surface area contributed by atoms with E-state index < -0.39 is 5.97 Å². The van der Waals surface area contributed by atoms with Gasteiger partial charge < -0.3 is 5.11 Å². The smallest absolute Gasteiger partial charge is 0.307 e. The molecule has 1 unspecified atom stereocenters. The van der Waals surface area contributed by atoms with Gasteiger partial charge in [0.2, 0.25) is 0 Å². The van der Waals surface area contributed by atoms with Crippen LogP contribution >= 0.6 is 0 Å². The molecule has 0 saturated heterocycles. The van der Waals surface area contributed by atoms with Crippen molar-refractivity contribution in [3.05, 3.63) is 112 Å². The fourth-order valence-electron chi connectivity index (χ4n) is 6.57. The van der Waals surface area contributed by atoms with Crippen molar-refractivity contribution in [1.29, 1.82) is 0 Å². The van der Waals surface area contributed by atoms with Gasteiger partial charge in [0.15, 0.2) is 0 Å².